The number of rotatable bonds is 6. The van der Waals surface area contributed by atoms with Crippen LogP contribution in [0.2, 0.25) is 0 Å². The first-order valence-corrected chi connectivity index (χ1v) is 17.2. The van der Waals surface area contributed by atoms with Gasteiger partial charge in [-0.15, -0.1) is 0 Å². The topological polar surface area (TPSA) is 161 Å². The Morgan fingerprint density at radius 1 is 0.580 bits per heavy atom. The van der Waals surface area contributed by atoms with Gasteiger partial charge in [0, 0.05) is 58.0 Å². The SMILES string of the molecule is CCOCCNS(=O)(=O)c1cccc2c1-c1nc-2nc2[n-]c(nc3nc(nc4[n-]c(n1)c1ccccc41)-c1ccccc1-3)c1ccccc21.[Cu+2]. The van der Waals surface area contributed by atoms with Gasteiger partial charge < -0.3 is 34.6 Å². The van der Waals surface area contributed by atoms with Crippen molar-refractivity contribution in [1.29, 1.82) is 0 Å². The molecule has 4 aromatic carbocycles. The molecule has 2 aliphatic rings. The predicted molar refractivity (Wildman–Crippen MR) is 186 cm³/mol. The third-order valence-corrected chi connectivity index (χ3v) is 9.95. The van der Waals surface area contributed by atoms with Crippen LogP contribution in [-0.2, 0) is 31.8 Å². The molecule has 0 amide bonds. The van der Waals surface area contributed by atoms with Gasteiger partial charge in [0.05, 0.1) is 34.8 Å². The summed E-state index contributed by atoms with van der Waals surface area (Å²) in [6, 6.07) is 28.0. The van der Waals surface area contributed by atoms with Gasteiger partial charge in [-0.2, -0.15) is 0 Å². The molecule has 0 atom stereocenters. The van der Waals surface area contributed by atoms with Gasteiger partial charge in [-0.05, 0) is 34.5 Å². The van der Waals surface area contributed by atoms with Gasteiger partial charge in [0.2, 0.25) is 10.0 Å². The zero-order chi connectivity index (χ0) is 33.1. The van der Waals surface area contributed by atoms with Gasteiger partial charge in [-0.25, -0.2) is 23.1 Å². The molecule has 5 heterocycles. The fraction of sp³-hybridized carbons (Fsp3) is 0.111. The van der Waals surface area contributed by atoms with E-state index in [2.05, 4.69) is 4.72 Å². The number of hydrogen-bond donors (Lipinski definition) is 1. The summed E-state index contributed by atoms with van der Waals surface area (Å²) in [5.74, 6) is 1.36. The smallest absolute Gasteiger partial charge is 0.380 e. The van der Waals surface area contributed by atoms with Crippen molar-refractivity contribution in [3.8, 4) is 45.6 Å². The van der Waals surface area contributed by atoms with E-state index >= 15 is 0 Å². The summed E-state index contributed by atoms with van der Waals surface area (Å²) in [7, 11) is -4.01. The van der Waals surface area contributed by atoms with Gasteiger partial charge in [0.25, 0.3) is 0 Å². The fourth-order valence-electron chi connectivity index (χ4n) is 6.22. The number of nitrogens with zero attached hydrogens (tertiary/aromatic N) is 8. The normalized spacial score (nSPS) is 12.1. The second kappa shape index (κ2) is 12.5. The Kier molecular flexibility index (Phi) is 7.97. The van der Waals surface area contributed by atoms with Crippen LogP contribution in [0, 0.1) is 0 Å². The molecule has 0 fully saturated rings. The molecular weight excluding hydrogens is 702 g/mol. The first-order chi connectivity index (χ1) is 24.0. The molecule has 1 radical (unpaired) electrons. The molecule has 0 saturated carbocycles. The zero-order valence-corrected chi connectivity index (χ0v) is 28.1. The molecule has 1 N–H and O–H groups in total. The molecule has 3 aromatic heterocycles. The molecular formula is C36H25CuN9O3S. The predicted octanol–water partition coefficient (Wildman–Crippen LogP) is 5.44. The second-order valence-electron chi connectivity index (χ2n) is 11.4. The van der Waals surface area contributed by atoms with Crippen LogP contribution in [0.15, 0.2) is 95.9 Å². The number of nitrogens with one attached hydrogen (secondary N) is 1. The van der Waals surface area contributed by atoms with Crippen LogP contribution in [0.5, 0.6) is 0 Å². The molecule has 0 spiro atoms. The average molecular weight is 727 g/mol. The van der Waals surface area contributed by atoms with Gasteiger partial charge >= 0.3 is 17.1 Å². The Morgan fingerprint density at radius 3 is 1.54 bits per heavy atom. The second-order valence-corrected chi connectivity index (χ2v) is 13.1. The maximum atomic E-state index is 13.7. The van der Waals surface area contributed by atoms with Crippen LogP contribution < -0.4 is 14.7 Å². The van der Waals surface area contributed by atoms with Gasteiger partial charge in [0.1, 0.15) is 0 Å². The van der Waals surface area contributed by atoms with Crippen molar-refractivity contribution in [2.24, 2.45) is 0 Å². The fourth-order valence-corrected chi connectivity index (χ4v) is 7.45. The van der Waals surface area contributed by atoms with Crippen LogP contribution >= 0.6 is 0 Å². The van der Waals surface area contributed by atoms with Gasteiger partial charge in [-0.1, -0.05) is 84.9 Å². The van der Waals surface area contributed by atoms with Gasteiger partial charge in [0.15, 0.2) is 0 Å². The zero-order valence-electron chi connectivity index (χ0n) is 26.3. The van der Waals surface area contributed by atoms with Crippen LogP contribution in [0.4, 0.5) is 0 Å². The Balaban J connectivity index is 0.00000361. The summed E-state index contributed by atoms with van der Waals surface area (Å²) in [4.78, 5) is 39.1. The Morgan fingerprint density at radius 2 is 1.02 bits per heavy atom. The Bertz CT molecular complexity index is 2760. The van der Waals surface area contributed by atoms with E-state index in [4.69, 9.17) is 44.6 Å². The summed E-state index contributed by atoms with van der Waals surface area (Å²) in [6.07, 6.45) is 0. The van der Waals surface area contributed by atoms with E-state index in [1.807, 2.05) is 79.7 Å². The summed E-state index contributed by atoms with van der Waals surface area (Å²) in [5.41, 5.74) is 4.03. The van der Waals surface area contributed by atoms with Crippen molar-refractivity contribution in [2.45, 2.75) is 11.8 Å². The monoisotopic (exact) mass is 726 g/mol. The third kappa shape index (κ3) is 5.25. The standard InChI is InChI=1S/C36H25N9O3S.Cu/c1-2-48-19-18-37-49(46,47)27-17-9-16-26-28(27)36-44-34-25-15-8-7-14-24(25)32(42-34)40-30-21-11-4-3-10-20(21)29(38-30)39-31-22-12-5-6-13-23(22)33(41-31)43-35(26)45-36;/h3-17,37H,2,18-19H2,1H3;/q-2;+2. The maximum Gasteiger partial charge on any atom is 2.00 e. The van der Waals surface area contributed by atoms with Crippen molar-refractivity contribution in [1.82, 2.24) is 44.6 Å². The molecule has 14 heteroatoms. The first kappa shape index (κ1) is 31.9. The molecule has 0 unspecified atom stereocenters. The molecule has 7 aromatic rings. The first-order valence-electron chi connectivity index (χ1n) is 15.7. The van der Waals surface area contributed by atoms with E-state index < -0.39 is 10.0 Å². The number of hydrogen-bond acceptors (Lipinski definition) is 9. The van der Waals surface area contributed by atoms with E-state index in [0.29, 0.717) is 52.0 Å². The van der Waals surface area contributed by atoms with E-state index in [0.717, 1.165) is 32.7 Å². The van der Waals surface area contributed by atoms with Crippen molar-refractivity contribution >= 4 is 54.2 Å². The van der Waals surface area contributed by atoms with Crippen LogP contribution in [0.25, 0.3) is 89.7 Å². The Hall–Kier alpha value is -5.37. The molecule has 249 valence electrons. The Labute approximate surface area is 296 Å². The number of ether oxygens (including phenoxy) is 1. The number of sulfonamides is 1. The van der Waals surface area contributed by atoms with E-state index in [9.17, 15) is 8.42 Å². The van der Waals surface area contributed by atoms with Crippen LogP contribution in [-0.4, -0.2) is 58.1 Å². The summed E-state index contributed by atoms with van der Waals surface area (Å²) in [5, 5.41) is 3.03. The molecule has 2 aliphatic heterocycles. The van der Waals surface area contributed by atoms with Crippen molar-refractivity contribution in [3.63, 3.8) is 0 Å². The third-order valence-electron chi connectivity index (χ3n) is 8.44. The summed E-state index contributed by atoms with van der Waals surface area (Å²) >= 11 is 0. The minimum absolute atomic E-state index is 0. The van der Waals surface area contributed by atoms with E-state index in [-0.39, 0.29) is 46.8 Å². The molecule has 0 saturated heterocycles. The molecule has 8 bridgehead atoms. The minimum Gasteiger partial charge on any atom is -0.380 e. The molecule has 0 aliphatic carbocycles. The van der Waals surface area contributed by atoms with Crippen LogP contribution in [0.3, 0.4) is 0 Å². The largest absolute Gasteiger partial charge is 2.00 e. The number of aromatic nitrogens is 8. The quantitative estimate of drug-likeness (QED) is 0.172. The van der Waals surface area contributed by atoms with E-state index in [1.54, 1.807) is 12.1 Å². The number of fused-ring (bicyclic) bond motifs is 20. The van der Waals surface area contributed by atoms with E-state index in [1.165, 1.54) is 6.07 Å². The van der Waals surface area contributed by atoms with Gasteiger partial charge in [-0.3, -0.25) is 0 Å². The summed E-state index contributed by atoms with van der Waals surface area (Å²) in [6.45, 7) is 2.67. The molecule has 9 rings (SSSR count). The minimum atomic E-state index is -4.01. The summed E-state index contributed by atoms with van der Waals surface area (Å²) < 4.78 is 35.5. The van der Waals surface area contributed by atoms with Crippen LogP contribution in [0.1, 0.15) is 6.92 Å². The van der Waals surface area contributed by atoms with Crippen molar-refractivity contribution in [3.05, 3.63) is 91.0 Å². The number of benzene rings is 4. The average Bonchev–Trinajstić information content (AvgIpc) is 3.86. The molecule has 50 heavy (non-hydrogen) atoms. The molecule has 12 nitrogen and oxygen atoms in total. The van der Waals surface area contributed by atoms with Crippen molar-refractivity contribution in [2.75, 3.05) is 19.8 Å². The maximum absolute atomic E-state index is 13.7. The van der Waals surface area contributed by atoms with Crippen molar-refractivity contribution < 1.29 is 30.2 Å².